The van der Waals surface area contributed by atoms with E-state index in [0.29, 0.717) is 23.2 Å². The summed E-state index contributed by atoms with van der Waals surface area (Å²) in [5.41, 5.74) is 1.76. The van der Waals surface area contributed by atoms with Gasteiger partial charge in [0.15, 0.2) is 12.0 Å². The number of fused-ring (bicyclic) bond motifs is 1. The lowest BCUT2D eigenvalue weighted by atomic mass is 9.95. The number of carbonyl (C=O) groups is 1. The SMILES string of the molecule is CC(C)(F)c1cccc(-c2ccc3cc(C=O)oc3c2)c1. The van der Waals surface area contributed by atoms with Crippen LogP contribution < -0.4 is 0 Å². The van der Waals surface area contributed by atoms with Crippen molar-refractivity contribution in [3.63, 3.8) is 0 Å². The zero-order valence-electron chi connectivity index (χ0n) is 11.9. The number of hydrogen-bond donors (Lipinski definition) is 0. The van der Waals surface area contributed by atoms with Crippen LogP contribution >= 0.6 is 0 Å². The molecule has 3 heteroatoms. The predicted molar refractivity (Wildman–Crippen MR) is 81.2 cm³/mol. The number of rotatable bonds is 3. The molecule has 1 heterocycles. The molecule has 3 aromatic rings. The highest BCUT2D eigenvalue weighted by Crippen LogP contribution is 2.31. The van der Waals surface area contributed by atoms with E-state index in [1.54, 1.807) is 12.1 Å². The molecule has 0 fully saturated rings. The van der Waals surface area contributed by atoms with Crippen LogP contribution in [0.1, 0.15) is 30.0 Å². The molecule has 2 aromatic carbocycles. The van der Waals surface area contributed by atoms with E-state index in [9.17, 15) is 9.18 Å². The monoisotopic (exact) mass is 282 g/mol. The van der Waals surface area contributed by atoms with E-state index in [-0.39, 0.29) is 0 Å². The molecule has 21 heavy (non-hydrogen) atoms. The molecule has 0 bridgehead atoms. The minimum atomic E-state index is -1.38. The van der Waals surface area contributed by atoms with Gasteiger partial charge in [0, 0.05) is 5.39 Å². The Hall–Kier alpha value is -2.42. The van der Waals surface area contributed by atoms with Gasteiger partial charge < -0.3 is 4.42 Å². The van der Waals surface area contributed by atoms with Gasteiger partial charge in [-0.1, -0.05) is 30.3 Å². The van der Waals surface area contributed by atoms with Crippen LogP contribution in [0.25, 0.3) is 22.1 Å². The highest BCUT2D eigenvalue weighted by Gasteiger charge is 2.19. The van der Waals surface area contributed by atoms with Gasteiger partial charge in [0.25, 0.3) is 0 Å². The fourth-order valence-electron chi connectivity index (χ4n) is 2.36. The number of hydrogen-bond acceptors (Lipinski definition) is 2. The van der Waals surface area contributed by atoms with Crippen molar-refractivity contribution in [1.29, 1.82) is 0 Å². The average molecular weight is 282 g/mol. The molecule has 0 spiro atoms. The molecule has 0 unspecified atom stereocenters. The minimum absolute atomic E-state index is 0.306. The van der Waals surface area contributed by atoms with Crippen LogP contribution in [0.5, 0.6) is 0 Å². The van der Waals surface area contributed by atoms with Crippen molar-refractivity contribution in [3.8, 4) is 11.1 Å². The average Bonchev–Trinajstić information content (AvgIpc) is 2.88. The van der Waals surface area contributed by atoms with Gasteiger partial charge in [0.1, 0.15) is 11.3 Å². The number of alkyl halides is 1. The van der Waals surface area contributed by atoms with E-state index in [4.69, 9.17) is 4.42 Å². The van der Waals surface area contributed by atoms with Crippen LogP contribution in [0, 0.1) is 0 Å². The first-order valence-electron chi connectivity index (χ1n) is 6.76. The van der Waals surface area contributed by atoms with Crippen molar-refractivity contribution in [2.75, 3.05) is 0 Å². The fraction of sp³-hybridized carbons (Fsp3) is 0.167. The molecule has 0 aliphatic rings. The molecule has 106 valence electrons. The lowest BCUT2D eigenvalue weighted by Gasteiger charge is -2.15. The molecule has 0 N–H and O–H groups in total. The van der Waals surface area contributed by atoms with E-state index in [1.165, 1.54) is 13.8 Å². The molecule has 1 aromatic heterocycles. The standard InChI is InChI=1S/C18H15FO2/c1-18(2,19)15-5-3-4-12(8-15)13-6-7-14-9-16(11-20)21-17(14)10-13/h3-11H,1-2H3. The van der Waals surface area contributed by atoms with E-state index in [2.05, 4.69) is 0 Å². The lowest BCUT2D eigenvalue weighted by molar-refractivity contribution is 0.110. The Morgan fingerprint density at radius 2 is 1.81 bits per heavy atom. The van der Waals surface area contributed by atoms with Gasteiger partial charge in [-0.25, -0.2) is 4.39 Å². The summed E-state index contributed by atoms with van der Waals surface area (Å²) < 4.78 is 19.5. The van der Waals surface area contributed by atoms with Crippen LogP contribution in [-0.4, -0.2) is 6.29 Å². The predicted octanol–water partition coefficient (Wildman–Crippen LogP) is 5.12. The van der Waals surface area contributed by atoms with E-state index >= 15 is 0 Å². The smallest absolute Gasteiger partial charge is 0.185 e. The van der Waals surface area contributed by atoms with E-state index < -0.39 is 5.67 Å². The molecule has 0 saturated heterocycles. The van der Waals surface area contributed by atoms with Gasteiger partial charge in [-0.15, -0.1) is 0 Å². The summed E-state index contributed by atoms with van der Waals surface area (Å²) in [5, 5.41) is 0.878. The van der Waals surface area contributed by atoms with Gasteiger partial charge in [-0.3, -0.25) is 4.79 Å². The molecular formula is C18H15FO2. The van der Waals surface area contributed by atoms with Crippen molar-refractivity contribution in [3.05, 3.63) is 59.9 Å². The maximum absolute atomic E-state index is 14.1. The summed E-state index contributed by atoms with van der Waals surface area (Å²) in [6.07, 6.45) is 0.686. The van der Waals surface area contributed by atoms with Gasteiger partial charge in [-0.05, 0) is 48.7 Å². The maximum Gasteiger partial charge on any atom is 0.185 e. The van der Waals surface area contributed by atoms with E-state index in [0.717, 1.165) is 16.5 Å². The van der Waals surface area contributed by atoms with Crippen LogP contribution in [0.15, 0.2) is 52.9 Å². The third kappa shape index (κ3) is 2.59. The number of furan rings is 1. The van der Waals surface area contributed by atoms with Crippen LogP contribution in [0.2, 0.25) is 0 Å². The molecule has 0 aliphatic heterocycles. The number of carbonyl (C=O) groups excluding carboxylic acids is 1. The Bertz CT molecular complexity index is 809. The Labute approximate surface area is 122 Å². The molecule has 0 radical (unpaired) electrons. The van der Waals surface area contributed by atoms with Crippen molar-refractivity contribution < 1.29 is 13.6 Å². The zero-order chi connectivity index (χ0) is 15.0. The molecule has 0 saturated carbocycles. The summed E-state index contributed by atoms with van der Waals surface area (Å²) >= 11 is 0. The summed E-state index contributed by atoms with van der Waals surface area (Å²) in [6.45, 7) is 3.08. The van der Waals surface area contributed by atoms with Crippen molar-refractivity contribution in [2.45, 2.75) is 19.5 Å². The van der Waals surface area contributed by atoms with Crippen LogP contribution in [0.3, 0.4) is 0 Å². The minimum Gasteiger partial charge on any atom is -0.453 e. The fourth-order valence-corrected chi connectivity index (χ4v) is 2.36. The highest BCUT2D eigenvalue weighted by molar-refractivity contribution is 5.88. The van der Waals surface area contributed by atoms with Gasteiger partial charge in [0.2, 0.25) is 0 Å². The third-order valence-corrected chi connectivity index (χ3v) is 3.54. The molecule has 0 atom stereocenters. The van der Waals surface area contributed by atoms with E-state index in [1.807, 2.05) is 36.4 Å². The number of benzene rings is 2. The van der Waals surface area contributed by atoms with Gasteiger partial charge >= 0.3 is 0 Å². The molecule has 3 rings (SSSR count). The largest absolute Gasteiger partial charge is 0.453 e. The Balaban J connectivity index is 2.09. The normalized spacial score (nSPS) is 11.8. The second-order valence-electron chi connectivity index (χ2n) is 5.57. The summed E-state index contributed by atoms with van der Waals surface area (Å²) in [6, 6.07) is 14.8. The van der Waals surface area contributed by atoms with Crippen molar-refractivity contribution in [1.82, 2.24) is 0 Å². The lowest BCUT2D eigenvalue weighted by Crippen LogP contribution is -2.08. The number of aldehydes is 1. The zero-order valence-corrected chi connectivity index (χ0v) is 11.9. The Morgan fingerprint density at radius 3 is 2.52 bits per heavy atom. The second-order valence-corrected chi connectivity index (χ2v) is 5.57. The van der Waals surface area contributed by atoms with Crippen molar-refractivity contribution >= 4 is 17.3 Å². The molecule has 0 aliphatic carbocycles. The maximum atomic E-state index is 14.1. The highest BCUT2D eigenvalue weighted by atomic mass is 19.1. The summed E-state index contributed by atoms with van der Waals surface area (Å²) in [5.74, 6) is 0.306. The number of halogens is 1. The summed E-state index contributed by atoms with van der Waals surface area (Å²) in [4.78, 5) is 10.8. The second kappa shape index (κ2) is 4.85. The topological polar surface area (TPSA) is 30.2 Å². The quantitative estimate of drug-likeness (QED) is 0.624. The van der Waals surface area contributed by atoms with Gasteiger partial charge in [0.05, 0.1) is 0 Å². The third-order valence-electron chi connectivity index (χ3n) is 3.54. The summed E-state index contributed by atoms with van der Waals surface area (Å²) in [7, 11) is 0. The molecule has 2 nitrogen and oxygen atoms in total. The first-order valence-corrected chi connectivity index (χ1v) is 6.76. The van der Waals surface area contributed by atoms with Crippen molar-refractivity contribution in [2.24, 2.45) is 0 Å². The first-order chi connectivity index (χ1) is 9.97. The van der Waals surface area contributed by atoms with Crippen LogP contribution in [-0.2, 0) is 5.67 Å². The molecular weight excluding hydrogens is 267 g/mol. The first kappa shape index (κ1) is 13.6. The van der Waals surface area contributed by atoms with Gasteiger partial charge in [-0.2, -0.15) is 0 Å². The Kier molecular flexibility index (Phi) is 3.13. The van der Waals surface area contributed by atoms with Crippen LogP contribution in [0.4, 0.5) is 4.39 Å². The Morgan fingerprint density at radius 1 is 1.05 bits per heavy atom. The molecule has 0 amide bonds.